The topological polar surface area (TPSA) is 59.0 Å². The molecule has 1 aliphatic heterocycles. The standard InChI is InChI=1S/C14H27NO4/c1-4-18-14(17)12-6-5-7-15(8-12)9-13(16)10-19-11(2)3/h11-13,16H,4-10H2,1-3H3/t12-,13-/m0/s1. The number of piperidine rings is 1. The molecule has 0 amide bonds. The van der Waals surface area contributed by atoms with Crippen LogP contribution < -0.4 is 0 Å². The fourth-order valence-electron chi connectivity index (χ4n) is 2.33. The van der Waals surface area contributed by atoms with E-state index in [0.29, 0.717) is 26.3 Å². The van der Waals surface area contributed by atoms with Crippen molar-refractivity contribution in [2.75, 3.05) is 32.8 Å². The highest BCUT2D eigenvalue weighted by Crippen LogP contribution is 2.18. The third-order valence-corrected chi connectivity index (χ3v) is 3.22. The summed E-state index contributed by atoms with van der Waals surface area (Å²) in [7, 11) is 0. The van der Waals surface area contributed by atoms with Crippen LogP contribution >= 0.6 is 0 Å². The Kier molecular flexibility index (Phi) is 7.34. The third kappa shape index (κ3) is 6.36. The lowest BCUT2D eigenvalue weighted by molar-refractivity contribution is -0.150. The Hall–Kier alpha value is -0.650. The zero-order chi connectivity index (χ0) is 14.3. The number of carbonyl (C=O) groups is 1. The van der Waals surface area contributed by atoms with Crippen molar-refractivity contribution in [2.45, 2.75) is 45.8 Å². The van der Waals surface area contributed by atoms with E-state index in [2.05, 4.69) is 4.90 Å². The number of rotatable bonds is 7. The van der Waals surface area contributed by atoms with Crippen molar-refractivity contribution in [1.29, 1.82) is 0 Å². The molecule has 0 unspecified atom stereocenters. The van der Waals surface area contributed by atoms with Crippen LogP contribution in [0.3, 0.4) is 0 Å². The van der Waals surface area contributed by atoms with Crippen molar-refractivity contribution in [1.82, 2.24) is 4.90 Å². The highest BCUT2D eigenvalue weighted by molar-refractivity contribution is 5.72. The Morgan fingerprint density at radius 1 is 1.47 bits per heavy atom. The molecule has 112 valence electrons. The first-order chi connectivity index (χ1) is 9.02. The van der Waals surface area contributed by atoms with E-state index in [-0.39, 0.29) is 18.0 Å². The van der Waals surface area contributed by atoms with Gasteiger partial charge in [0.15, 0.2) is 0 Å². The van der Waals surface area contributed by atoms with Gasteiger partial charge in [-0.1, -0.05) is 0 Å². The first-order valence-corrected chi connectivity index (χ1v) is 7.21. The lowest BCUT2D eigenvalue weighted by atomic mass is 9.98. The summed E-state index contributed by atoms with van der Waals surface area (Å²) in [5, 5.41) is 9.90. The zero-order valence-electron chi connectivity index (χ0n) is 12.3. The molecular formula is C14H27NO4. The second-order valence-electron chi connectivity index (χ2n) is 5.39. The molecule has 19 heavy (non-hydrogen) atoms. The van der Waals surface area contributed by atoms with Gasteiger partial charge in [-0.3, -0.25) is 9.69 Å². The normalized spacial score (nSPS) is 22.5. The average molecular weight is 273 g/mol. The number of hydrogen-bond donors (Lipinski definition) is 1. The quantitative estimate of drug-likeness (QED) is 0.703. The van der Waals surface area contributed by atoms with Crippen LogP contribution in [0.4, 0.5) is 0 Å². The van der Waals surface area contributed by atoms with Gasteiger partial charge < -0.3 is 14.6 Å². The minimum absolute atomic E-state index is 0.0492. The van der Waals surface area contributed by atoms with E-state index in [9.17, 15) is 9.90 Å². The predicted octanol–water partition coefficient (Wildman–Crippen LogP) is 1.05. The van der Waals surface area contributed by atoms with E-state index in [0.717, 1.165) is 19.4 Å². The van der Waals surface area contributed by atoms with Gasteiger partial charge in [-0.15, -0.1) is 0 Å². The summed E-state index contributed by atoms with van der Waals surface area (Å²) < 4.78 is 10.5. The lowest BCUT2D eigenvalue weighted by Gasteiger charge is -2.32. The summed E-state index contributed by atoms with van der Waals surface area (Å²) in [5.74, 6) is -0.160. The maximum atomic E-state index is 11.7. The number of aliphatic hydroxyl groups excluding tert-OH is 1. The maximum Gasteiger partial charge on any atom is 0.310 e. The molecule has 0 aromatic rings. The van der Waals surface area contributed by atoms with Crippen molar-refractivity contribution >= 4 is 5.97 Å². The molecule has 5 nitrogen and oxygen atoms in total. The third-order valence-electron chi connectivity index (χ3n) is 3.22. The fraction of sp³-hybridized carbons (Fsp3) is 0.929. The van der Waals surface area contributed by atoms with Gasteiger partial charge in [-0.2, -0.15) is 0 Å². The minimum atomic E-state index is -0.497. The first-order valence-electron chi connectivity index (χ1n) is 7.21. The van der Waals surface area contributed by atoms with Crippen LogP contribution in [0.15, 0.2) is 0 Å². The van der Waals surface area contributed by atoms with Crippen LogP contribution in [-0.4, -0.2) is 61.0 Å². The Morgan fingerprint density at radius 2 is 2.21 bits per heavy atom. The summed E-state index contributed by atoms with van der Waals surface area (Å²) in [6.07, 6.45) is 1.49. The van der Waals surface area contributed by atoms with E-state index in [1.165, 1.54) is 0 Å². The average Bonchev–Trinajstić information content (AvgIpc) is 2.37. The SMILES string of the molecule is CCOC(=O)[C@H]1CCCN(C[C@H](O)COC(C)C)C1. The summed E-state index contributed by atoms with van der Waals surface area (Å²) >= 11 is 0. The second kappa shape index (κ2) is 8.51. The van der Waals surface area contributed by atoms with Crippen molar-refractivity contribution in [2.24, 2.45) is 5.92 Å². The van der Waals surface area contributed by atoms with Gasteiger partial charge in [0, 0.05) is 13.1 Å². The van der Waals surface area contributed by atoms with Crippen molar-refractivity contribution in [3.05, 3.63) is 0 Å². The molecular weight excluding hydrogens is 246 g/mol. The highest BCUT2D eigenvalue weighted by Gasteiger charge is 2.27. The number of β-amino-alcohol motifs (C(OH)–C–C–N with tert-alkyl or cyclic N) is 1. The van der Waals surface area contributed by atoms with Crippen molar-refractivity contribution in [3.8, 4) is 0 Å². The predicted molar refractivity (Wildman–Crippen MR) is 72.9 cm³/mol. The molecule has 0 saturated carbocycles. The molecule has 1 saturated heterocycles. The number of hydrogen-bond acceptors (Lipinski definition) is 5. The van der Waals surface area contributed by atoms with Crippen LogP contribution in [0.1, 0.15) is 33.6 Å². The van der Waals surface area contributed by atoms with E-state index in [1.807, 2.05) is 20.8 Å². The molecule has 2 atom stereocenters. The number of nitrogens with zero attached hydrogens (tertiary/aromatic N) is 1. The summed E-state index contributed by atoms with van der Waals surface area (Å²) in [6, 6.07) is 0. The van der Waals surface area contributed by atoms with Gasteiger partial charge in [0.2, 0.25) is 0 Å². The van der Waals surface area contributed by atoms with Crippen LogP contribution in [0.5, 0.6) is 0 Å². The Bertz CT molecular complexity index is 270. The molecule has 0 aliphatic carbocycles. The van der Waals surface area contributed by atoms with Crippen LogP contribution in [0, 0.1) is 5.92 Å². The van der Waals surface area contributed by atoms with E-state index >= 15 is 0 Å². The Labute approximate surface area is 115 Å². The second-order valence-corrected chi connectivity index (χ2v) is 5.39. The Morgan fingerprint density at radius 3 is 2.84 bits per heavy atom. The van der Waals surface area contributed by atoms with Crippen LogP contribution in [0.25, 0.3) is 0 Å². The molecule has 1 fully saturated rings. The van der Waals surface area contributed by atoms with E-state index in [4.69, 9.17) is 9.47 Å². The molecule has 0 radical (unpaired) electrons. The first kappa shape index (κ1) is 16.4. The monoisotopic (exact) mass is 273 g/mol. The molecule has 5 heteroatoms. The van der Waals surface area contributed by atoms with E-state index < -0.39 is 6.10 Å². The molecule has 0 spiro atoms. The fourth-order valence-corrected chi connectivity index (χ4v) is 2.33. The van der Waals surface area contributed by atoms with Gasteiger partial charge >= 0.3 is 5.97 Å². The number of likely N-dealkylation sites (tertiary alicyclic amines) is 1. The maximum absolute atomic E-state index is 11.7. The molecule has 1 heterocycles. The summed E-state index contributed by atoms with van der Waals surface area (Å²) in [4.78, 5) is 13.8. The van der Waals surface area contributed by atoms with Gasteiger partial charge in [0.1, 0.15) is 0 Å². The van der Waals surface area contributed by atoms with E-state index in [1.54, 1.807) is 0 Å². The van der Waals surface area contributed by atoms with Gasteiger partial charge in [-0.05, 0) is 40.2 Å². The lowest BCUT2D eigenvalue weighted by Crippen LogP contribution is -2.44. The minimum Gasteiger partial charge on any atom is -0.466 e. The van der Waals surface area contributed by atoms with Gasteiger partial charge in [0.25, 0.3) is 0 Å². The molecule has 1 N–H and O–H groups in total. The number of aliphatic hydroxyl groups is 1. The molecule has 1 aliphatic rings. The molecule has 0 bridgehead atoms. The van der Waals surface area contributed by atoms with Crippen LogP contribution in [-0.2, 0) is 14.3 Å². The summed E-state index contributed by atoms with van der Waals surface area (Å²) in [6.45, 7) is 8.66. The Balaban J connectivity index is 2.32. The smallest absolute Gasteiger partial charge is 0.310 e. The summed E-state index contributed by atoms with van der Waals surface area (Å²) in [5.41, 5.74) is 0. The molecule has 1 rings (SSSR count). The number of esters is 1. The largest absolute Gasteiger partial charge is 0.466 e. The number of carbonyl (C=O) groups excluding carboxylic acids is 1. The van der Waals surface area contributed by atoms with Crippen LogP contribution in [0.2, 0.25) is 0 Å². The highest BCUT2D eigenvalue weighted by atomic mass is 16.5. The van der Waals surface area contributed by atoms with Crippen molar-refractivity contribution < 1.29 is 19.4 Å². The molecule has 0 aromatic heterocycles. The van der Waals surface area contributed by atoms with Gasteiger partial charge in [-0.25, -0.2) is 0 Å². The number of ether oxygens (including phenoxy) is 2. The van der Waals surface area contributed by atoms with Gasteiger partial charge in [0.05, 0.1) is 31.3 Å². The van der Waals surface area contributed by atoms with Crippen molar-refractivity contribution in [3.63, 3.8) is 0 Å². The molecule has 0 aromatic carbocycles. The zero-order valence-corrected chi connectivity index (χ0v) is 12.3.